The highest BCUT2D eigenvalue weighted by molar-refractivity contribution is 8.01. The number of thiazole rings is 1. The summed E-state index contributed by atoms with van der Waals surface area (Å²) in [6, 6.07) is 0. The van der Waals surface area contributed by atoms with Crippen LogP contribution in [0.25, 0.3) is 0 Å². The van der Waals surface area contributed by atoms with E-state index in [-0.39, 0.29) is 17.5 Å². The summed E-state index contributed by atoms with van der Waals surface area (Å²) in [5, 5.41) is 20.9. The van der Waals surface area contributed by atoms with Crippen LogP contribution in [0.3, 0.4) is 0 Å². The Balaban J connectivity index is 1.83. The minimum Gasteiger partial charge on any atom is -0.476 e. The smallest absolute Gasteiger partial charge is 0.355 e. The van der Waals surface area contributed by atoms with E-state index in [1.165, 1.54) is 28.5 Å². The molecule has 3 atom stereocenters. The minimum absolute atomic E-state index is 0.00300. The standard InChI is InChI=1S/C21H29NO4S2/c1-3-4-5-11-21(2,26)12-6-7-15-8-9-18(23)16(15)10-13-27-20-22-17(14-28-20)19(24)25/h5-7,11,14-16,26H,3-4,8-10,12-13H2,1-2H3,(H,24,25)/b7-6+,11-5+/t15-,16-,21?/m1/s1. The Morgan fingerprint density at radius 2 is 2.25 bits per heavy atom. The molecule has 0 saturated heterocycles. The van der Waals surface area contributed by atoms with Gasteiger partial charge >= 0.3 is 5.97 Å². The molecule has 0 aromatic carbocycles. The lowest BCUT2D eigenvalue weighted by molar-refractivity contribution is -0.121. The van der Waals surface area contributed by atoms with Crippen LogP contribution in [0.15, 0.2) is 34.0 Å². The van der Waals surface area contributed by atoms with Crippen LogP contribution in [0, 0.1) is 11.8 Å². The molecular weight excluding hydrogens is 394 g/mol. The van der Waals surface area contributed by atoms with Gasteiger partial charge in [0, 0.05) is 23.5 Å². The number of unbranched alkanes of at least 4 members (excludes halogenated alkanes) is 1. The molecule has 1 aromatic rings. The quantitative estimate of drug-likeness (QED) is 0.386. The summed E-state index contributed by atoms with van der Waals surface area (Å²) in [5.74, 6) is 0.248. The molecule has 1 heterocycles. The van der Waals surface area contributed by atoms with Crippen molar-refractivity contribution in [2.45, 2.75) is 62.3 Å². The Morgan fingerprint density at radius 1 is 1.46 bits per heavy atom. The van der Waals surface area contributed by atoms with E-state index in [0.717, 1.165) is 35.8 Å². The van der Waals surface area contributed by atoms with Crippen molar-refractivity contribution in [1.29, 1.82) is 0 Å². The molecule has 28 heavy (non-hydrogen) atoms. The van der Waals surface area contributed by atoms with Gasteiger partial charge in [-0.3, -0.25) is 4.79 Å². The van der Waals surface area contributed by atoms with E-state index >= 15 is 0 Å². The SMILES string of the molecule is CCC/C=C/C(C)(O)C/C=C/[C@@H]1CCC(=O)[C@@H]1CCSc1nc(C(=O)O)cs1. The van der Waals surface area contributed by atoms with E-state index in [0.29, 0.717) is 18.6 Å². The number of Topliss-reactive ketones (excluding diaryl/α,β-unsaturated/α-hetero) is 1. The molecule has 5 nitrogen and oxygen atoms in total. The van der Waals surface area contributed by atoms with Crippen molar-refractivity contribution < 1.29 is 19.8 Å². The number of carbonyl (C=O) groups is 2. The van der Waals surface area contributed by atoms with E-state index < -0.39 is 11.6 Å². The van der Waals surface area contributed by atoms with Gasteiger partial charge in [0.1, 0.15) is 5.78 Å². The Morgan fingerprint density at radius 3 is 2.93 bits per heavy atom. The third kappa shape index (κ3) is 7.18. The number of carboxylic acid groups (broad SMARTS) is 1. The van der Waals surface area contributed by atoms with Gasteiger partial charge in [-0.2, -0.15) is 0 Å². The molecule has 1 saturated carbocycles. The number of carboxylic acids is 1. The number of nitrogens with zero attached hydrogens (tertiary/aromatic N) is 1. The van der Waals surface area contributed by atoms with Gasteiger partial charge in [0.15, 0.2) is 10.0 Å². The number of ketones is 1. The Labute approximate surface area is 175 Å². The van der Waals surface area contributed by atoms with Crippen molar-refractivity contribution in [3.63, 3.8) is 0 Å². The predicted molar refractivity (Wildman–Crippen MR) is 114 cm³/mol. The van der Waals surface area contributed by atoms with Gasteiger partial charge in [0.05, 0.1) is 5.60 Å². The summed E-state index contributed by atoms with van der Waals surface area (Å²) >= 11 is 2.83. The molecule has 0 radical (unpaired) electrons. The second kappa shape index (κ2) is 10.9. The molecule has 2 rings (SSSR count). The van der Waals surface area contributed by atoms with Crippen LogP contribution in [0.5, 0.6) is 0 Å². The van der Waals surface area contributed by atoms with E-state index in [4.69, 9.17) is 5.11 Å². The fraction of sp³-hybridized carbons (Fsp3) is 0.571. The molecule has 0 bridgehead atoms. The predicted octanol–water partition coefficient (Wildman–Crippen LogP) is 4.97. The van der Waals surface area contributed by atoms with Gasteiger partial charge in [-0.1, -0.05) is 49.4 Å². The highest BCUT2D eigenvalue weighted by atomic mass is 32.2. The monoisotopic (exact) mass is 423 g/mol. The number of allylic oxidation sites excluding steroid dienone is 2. The van der Waals surface area contributed by atoms with Crippen molar-refractivity contribution in [3.05, 3.63) is 35.4 Å². The first-order valence-electron chi connectivity index (χ1n) is 9.73. The number of carbonyl (C=O) groups excluding carboxylic acids is 1. The lowest BCUT2D eigenvalue weighted by Crippen LogP contribution is -2.19. The summed E-state index contributed by atoms with van der Waals surface area (Å²) in [4.78, 5) is 27.2. The fourth-order valence-electron chi connectivity index (χ4n) is 3.29. The molecule has 2 N–H and O–H groups in total. The van der Waals surface area contributed by atoms with Crippen LogP contribution < -0.4 is 0 Å². The van der Waals surface area contributed by atoms with E-state index in [9.17, 15) is 14.7 Å². The Kier molecular flexibility index (Phi) is 8.92. The molecule has 7 heteroatoms. The van der Waals surface area contributed by atoms with Crippen molar-refractivity contribution >= 4 is 34.9 Å². The second-order valence-corrected chi connectivity index (χ2v) is 9.60. The van der Waals surface area contributed by atoms with E-state index in [1.54, 1.807) is 6.92 Å². The van der Waals surface area contributed by atoms with Gasteiger partial charge < -0.3 is 10.2 Å². The third-order valence-corrected chi connectivity index (χ3v) is 6.91. The zero-order chi connectivity index (χ0) is 20.6. The highest BCUT2D eigenvalue weighted by Gasteiger charge is 2.32. The highest BCUT2D eigenvalue weighted by Crippen LogP contribution is 2.35. The van der Waals surface area contributed by atoms with Gasteiger partial charge in [-0.15, -0.1) is 11.3 Å². The lowest BCUT2D eigenvalue weighted by atomic mass is 9.91. The van der Waals surface area contributed by atoms with Gasteiger partial charge in [0.25, 0.3) is 0 Å². The molecule has 1 aromatic heterocycles. The maximum atomic E-state index is 12.3. The zero-order valence-electron chi connectivity index (χ0n) is 16.5. The van der Waals surface area contributed by atoms with E-state index in [1.807, 2.05) is 18.2 Å². The number of aromatic nitrogens is 1. The number of hydrogen-bond donors (Lipinski definition) is 2. The number of aromatic carboxylic acids is 1. The number of rotatable bonds is 11. The average Bonchev–Trinajstić information content (AvgIpc) is 3.23. The summed E-state index contributed by atoms with van der Waals surface area (Å²) in [5.41, 5.74) is -0.780. The summed E-state index contributed by atoms with van der Waals surface area (Å²) in [6.45, 7) is 3.91. The molecule has 0 spiro atoms. The molecule has 1 aliphatic rings. The van der Waals surface area contributed by atoms with Crippen molar-refractivity contribution in [2.75, 3.05) is 5.75 Å². The first-order chi connectivity index (χ1) is 13.3. The minimum atomic E-state index is -1.01. The van der Waals surface area contributed by atoms with Crippen molar-refractivity contribution in [1.82, 2.24) is 4.98 Å². The van der Waals surface area contributed by atoms with Crippen LogP contribution in [0.2, 0.25) is 0 Å². The van der Waals surface area contributed by atoms with E-state index in [2.05, 4.69) is 18.0 Å². The van der Waals surface area contributed by atoms with Gasteiger partial charge in [-0.25, -0.2) is 9.78 Å². The number of aliphatic hydroxyl groups is 1. The summed E-state index contributed by atoms with van der Waals surface area (Å²) in [7, 11) is 0. The van der Waals surface area contributed by atoms with Gasteiger partial charge in [-0.05, 0) is 38.5 Å². The number of hydrogen-bond acceptors (Lipinski definition) is 6. The number of thioether (sulfide) groups is 1. The molecule has 1 aliphatic carbocycles. The molecule has 154 valence electrons. The van der Waals surface area contributed by atoms with Crippen LogP contribution >= 0.6 is 23.1 Å². The maximum Gasteiger partial charge on any atom is 0.355 e. The Hall–Kier alpha value is -1.44. The first kappa shape index (κ1) is 22.8. The molecule has 0 amide bonds. The first-order valence-corrected chi connectivity index (χ1v) is 11.6. The molecule has 1 unspecified atom stereocenters. The molecule has 0 aliphatic heterocycles. The lowest BCUT2D eigenvalue weighted by Gasteiger charge is -2.18. The third-order valence-electron chi connectivity index (χ3n) is 4.86. The zero-order valence-corrected chi connectivity index (χ0v) is 18.1. The summed E-state index contributed by atoms with van der Waals surface area (Å²) < 4.78 is 0.727. The Bertz CT molecular complexity index is 724. The fourth-order valence-corrected chi connectivity index (χ4v) is 5.18. The van der Waals surface area contributed by atoms with Crippen LogP contribution in [0.1, 0.15) is 62.9 Å². The van der Waals surface area contributed by atoms with Crippen LogP contribution in [-0.2, 0) is 4.79 Å². The topological polar surface area (TPSA) is 87.5 Å². The largest absolute Gasteiger partial charge is 0.476 e. The normalized spacial score (nSPS) is 22.3. The maximum absolute atomic E-state index is 12.3. The van der Waals surface area contributed by atoms with Crippen LogP contribution in [-0.4, -0.2) is 38.3 Å². The van der Waals surface area contributed by atoms with Crippen molar-refractivity contribution in [3.8, 4) is 0 Å². The molecule has 1 fully saturated rings. The van der Waals surface area contributed by atoms with Gasteiger partial charge in [0.2, 0.25) is 0 Å². The van der Waals surface area contributed by atoms with Crippen LogP contribution in [0.4, 0.5) is 0 Å². The summed E-state index contributed by atoms with van der Waals surface area (Å²) in [6.07, 6.45) is 12.7. The molecular formula is C21H29NO4S2. The average molecular weight is 424 g/mol. The van der Waals surface area contributed by atoms with Crippen molar-refractivity contribution in [2.24, 2.45) is 11.8 Å². The second-order valence-electron chi connectivity index (χ2n) is 7.40.